The topological polar surface area (TPSA) is 9.23 Å². The Bertz CT molecular complexity index is 288. The minimum absolute atomic E-state index is 0.744. The summed E-state index contributed by atoms with van der Waals surface area (Å²) in [4.78, 5) is 0. The van der Waals surface area contributed by atoms with Crippen LogP contribution in [-0.4, -0.2) is 32.8 Å². The molecule has 0 aliphatic rings. The van der Waals surface area contributed by atoms with Crippen molar-refractivity contribution in [3.05, 3.63) is 24.5 Å². The van der Waals surface area contributed by atoms with Crippen LogP contribution >= 0.6 is 7.26 Å². The first-order valence-electron chi connectivity index (χ1n) is 8.80. The van der Waals surface area contributed by atoms with Crippen LogP contribution in [-0.2, 0) is 4.74 Å². The average molecular weight is 314 g/mol. The van der Waals surface area contributed by atoms with Crippen molar-refractivity contribution in [3.8, 4) is 0 Å². The maximum atomic E-state index is 5.51. The monoisotopic (exact) mass is 314 g/mol. The Labute approximate surface area is 134 Å². The minimum atomic E-state index is -0.790. The van der Waals surface area contributed by atoms with Crippen molar-refractivity contribution >= 4 is 7.26 Å². The third kappa shape index (κ3) is 15.9. The van der Waals surface area contributed by atoms with E-state index in [-0.39, 0.29) is 0 Å². The molecule has 0 bridgehead atoms. The molecule has 0 saturated heterocycles. The van der Waals surface area contributed by atoms with Gasteiger partial charge in [-0.1, -0.05) is 13.2 Å². The van der Waals surface area contributed by atoms with E-state index in [1.54, 1.807) is 0 Å². The quantitative estimate of drug-likeness (QED) is 0.159. The van der Waals surface area contributed by atoms with E-state index in [0.717, 1.165) is 24.4 Å². The molecule has 0 aromatic heterocycles. The van der Waals surface area contributed by atoms with Gasteiger partial charge in [0.2, 0.25) is 0 Å². The molecule has 0 aliphatic heterocycles. The third-order valence-electron chi connectivity index (χ3n) is 3.82. The molecule has 0 unspecified atom stereocenters. The van der Waals surface area contributed by atoms with Crippen molar-refractivity contribution in [2.45, 2.75) is 64.7 Å². The Morgan fingerprint density at radius 1 is 0.762 bits per heavy atom. The van der Waals surface area contributed by atoms with Crippen LogP contribution in [0.5, 0.6) is 0 Å². The van der Waals surface area contributed by atoms with Gasteiger partial charge in [-0.15, -0.1) is 0 Å². The van der Waals surface area contributed by atoms with E-state index in [4.69, 9.17) is 4.74 Å². The van der Waals surface area contributed by atoms with Gasteiger partial charge in [0.1, 0.15) is 5.76 Å². The van der Waals surface area contributed by atoms with Crippen molar-refractivity contribution in [2.75, 3.05) is 32.8 Å². The normalized spacial score (nSPS) is 12.2. The Morgan fingerprint density at radius 2 is 1.19 bits per heavy atom. The van der Waals surface area contributed by atoms with Crippen LogP contribution in [0.4, 0.5) is 0 Å². The third-order valence-corrected chi connectivity index (χ3v) is 5.68. The molecule has 0 fully saturated rings. The van der Waals surface area contributed by atoms with Crippen molar-refractivity contribution in [2.24, 2.45) is 0 Å². The number of hydrogen-bond acceptors (Lipinski definition) is 1. The summed E-state index contributed by atoms with van der Waals surface area (Å²) in [6.45, 7) is 17.8. The summed E-state index contributed by atoms with van der Waals surface area (Å²) in [7, 11) is -0.790. The Hall–Kier alpha value is -0.290. The standard InChI is InChI=1S/C19H39OP/c1-18(2)19(3)20-16-14-12-10-8-7-9-11-13-15-17-21(4,5)6/h21H,1,3,7-17H2,2,4-6H3. The number of allylic oxidation sites excluding steroid dienone is 1. The van der Waals surface area contributed by atoms with E-state index in [2.05, 4.69) is 33.2 Å². The zero-order chi connectivity index (χ0) is 16.1. The van der Waals surface area contributed by atoms with Crippen molar-refractivity contribution in [1.82, 2.24) is 0 Å². The van der Waals surface area contributed by atoms with E-state index in [0.29, 0.717) is 0 Å². The first-order valence-corrected chi connectivity index (χ1v) is 12.5. The van der Waals surface area contributed by atoms with E-state index < -0.39 is 7.26 Å². The fourth-order valence-corrected chi connectivity index (χ4v) is 3.62. The predicted molar refractivity (Wildman–Crippen MR) is 102 cm³/mol. The molecular formula is C19H39OP. The van der Waals surface area contributed by atoms with E-state index in [9.17, 15) is 0 Å². The van der Waals surface area contributed by atoms with Gasteiger partial charge >= 0.3 is 103 Å². The summed E-state index contributed by atoms with van der Waals surface area (Å²) in [5.41, 5.74) is 0.934. The van der Waals surface area contributed by atoms with Crippen LogP contribution in [0.1, 0.15) is 64.7 Å². The van der Waals surface area contributed by atoms with Crippen molar-refractivity contribution in [3.63, 3.8) is 0 Å². The van der Waals surface area contributed by atoms with Crippen molar-refractivity contribution < 1.29 is 4.74 Å². The summed E-state index contributed by atoms with van der Waals surface area (Å²) < 4.78 is 5.51. The molecule has 0 atom stereocenters. The van der Waals surface area contributed by atoms with Crippen LogP contribution in [0.3, 0.4) is 0 Å². The summed E-state index contributed by atoms with van der Waals surface area (Å²) in [6.07, 6.45) is 13.8. The zero-order valence-electron chi connectivity index (χ0n) is 15.1. The van der Waals surface area contributed by atoms with Crippen LogP contribution in [0, 0.1) is 0 Å². The van der Waals surface area contributed by atoms with Gasteiger partial charge < -0.3 is 0 Å². The Kier molecular flexibility index (Phi) is 12.1. The molecule has 0 N–H and O–H groups in total. The van der Waals surface area contributed by atoms with Crippen LogP contribution in [0.2, 0.25) is 0 Å². The molecule has 0 rings (SSSR count). The summed E-state index contributed by atoms with van der Waals surface area (Å²) in [5.74, 6) is 0.744. The van der Waals surface area contributed by atoms with E-state index in [1.165, 1.54) is 57.5 Å². The molecule has 0 aliphatic carbocycles. The van der Waals surface area contributed by atoms with E-state index >= 15 is 0 Å². The number of unbranched alkanes of at least 4 members (excludes halogenated alkanes) is 8. The first kappa shape index (κ1) is 20.7. The second-order valence-corrected chi connectivity index (χ2v) is 13.2. The van der Waals surface area contributed by atoms with Gasteiger partial charge in [0.05, 0.1) is 0 Å². The number of rotatable bonds is 14. The van der Waals surface area contributed by atoms with Gasteiger partial charge in [0.25, 0.3) is 0 Å². The molecule has 0 aromatic carbocycles. The molecule has 126 valence electrons. The maximum absolute atomic E-state index is 5.51. The molecule has 0 radical (unpaired) electrons. The van der Waals surface area contributed by atoms with Gasteiger partial charge in [-0.05, 0) is 12.5 Å². The van der Waals surface area contributed by atoms with Gasteiger partial charge in [0, 0.05) is 0 Å². The summed E-state index contributed by atoms with van der Waals surface area (Å²) in [6, 6.07) is 0. The summed E-state index contributed by atoms with van der Waals surface area (Å²) >= 11 is 0. The van der Waals surface area contributed by atoms with Gasteiger partial charge in [-0.3, -0.25) is 0 Å². The second kappa shape index (κ2) is 12.3. The molecule has 0 spiro atoms. The van der Waals surface area contributed by atoms with Crippen molar-refractivity contribution in [1.29, 1.82) is 0 Å². The predicted octanol–water partition coefficient (Wildman–Crippen LogP) is 6.24. The first-order chi connectivity index (χ1) is 9.83. The molecule has 0 heterocycles. The molecule has 21 heavy (non-hydrogen) atoms. The van der Waals surface area contributed by atoms with E-state index in [1.807, 2.05) is 6.92 Å². The van der Waals surface area contributed by atoms with Gasteiger partial charge in [0.15, 0.2) is 0 Å². The molecular weight excluding hydrogens is 275 g/mol. The van der Waals surface area contributed by atoms with Crippen LogP contribution in [0.15, 0.2) is 24.5 Å². The van der Waals surface area contributed by atoms with Gasteiger partial charge in [-0.2, -0.15) is 0 Å². The number of ether oxygens (including phenoxy) is 1. The molecule has 0 amide bonds. The SMILES string of the molecule is C=C(C)C(=C)OCCCCCCCCCCC[PH](C)(C)C. The van der Waals surface area contributed by atoms with Crippen LogP contribution in [0.25, 0.3) is 0 Å². The Balaban J connectivity index is 3.16. The Morgan fingerprint density at radius 3 is 1.62 bits per heavy atom. The molecule has 1 nitrogen and oxygen atoms in total. The van der Waals surface area contributed by atoms with Crippen LogP contribution < -0.4 is 0 Å². The number of hydrogen-bond donors (Lipinski definition) is 0. The van der Waals surface area contributed by atoms with Gasteiger partial charge in [-0.25, -0.2) is 0 Å². The summed E-state index contributed by atoms with van der Waals surface area (Å²) in [5, 5.41) is 0. The molecule has 2 heteroatoms. The molecule has 0 aromatic rings. The fourth-order valence-electron chi connectivity index (χ4n) is 2.31. The average Bonchev–Trinajstić information content (AvgIpc) is 2.38. The molecule has 0 saturated carbocycles. The second-order valence-electron chi connectivity index (χ2n) is 7.54. The zero-order valence-corrected chi connectivity index (χ0v) is 16.1. The fraction of sp³-hybridized carbons (Fsp3) is 0.789.